The van der Waals surface area contributed by atoms with Crippen LogP contribution in [0.4, 0.5) is 0 Å². The summed E-state index contributed by atoms with van der Waals surface area (Å²) in [4.78, 5) is 11.8. The highest BCUT2D eigenvalue weighted by molar-refractivity contribution is 5.71. The Morgan fingerprint density at radius 2 is 2.08 bits per heavy atom. The molecule has 4 atom stereocenters. The number of ether oxygens (including phenoxy) is 3. The first-order valence-electron chi connectivity index (χ1n) is 8.50. The lowest BCUT2D eigenvalue weighted by atomic mass is 9.70. The van der Waals surface area contributed by atoms with Crippen LogP contribution in [0.2, 0.25) is 0 Å². The van der Waals surface area contributed by atoms with Crippen LogP contribution < -0.4 is 9.47 Å². The smallest absolute Gasteiger partial charge is 0.309 e. The lowest BCUT2D eigenvalue weighted by Gasteiger charge is -2.51. The minimum atomic E-state index is -0.792. The highest BCUT2D eigenvalue weighted by Crippen LogP contribution is 2.53. The summed E-state index contributed by atoms with van der Waals surface area (Å²) in [5, 5.41) is 9.65. The Bertz CT molecular complexity index is 637. The molecule has 0 saturated carbocycles. The van der Waals surface area contributed by atoms with Gasteiger partial charge in [-0.25, -0.2) is 0 Å². The predicted molar refractivity (Wildman–Crippen MR) is 89.4 cm³/mol. The second-order valence-electron chi connectivity index (χ2n) is 7.66. The minimum absolute atomic E-state index is 0.0202. The van der Waals surface area contributed by atoms with Crippen molar-refractivity contribution in [3.63, 3.8) is 0 Å². The van der Waals surface area contributed by atoms with Crippen LogP contribution in [-0.4, -0.2) is 29.9 Å². The molecule has 1 N–H and O–H groups in total. The number of carboxylic acids is 1. The van der Waals surface area contributed by atoms with Gasteiger partial charge in [-0.05, 0) is 44.4 Å². The molecule has 2 aliphatic rings. The first-order chi connectivity index (χ1) is 11.2. The lowest BCUT2D eigenvalue weighted by Crippen LogP contribution is -2.53. The highest BCUT2D eigenvalue weighted by atomic mass is 16.5. The summed E-state index contributed by atoms with van der Waals surface area (Å²) in [7, 11) is 1.63. The van der Waals surface area contributed by atoms with E-state index in [1.54, 1.807) is 7.11 Å². The highest BCUT2D eigenvalue weighted by Gasteiger charge is 2.52. The van der Waals surface area contributed by atoms with Crippen LogP contribution in [0.1, 0.15) is 45.8 Å². The van der Waals surface area contributed by atoms with E-state index in [4.69, 9.17) is 14.2 Å². The number of aliphatic carboxylic acids is 1. The van der Waals surface area contributed by atoms with Crippen molar-refractivity contribution in [1.82, 2.24) is 0 Å². The molecule has 3 rings (SSSR count). The largest absolute Gasteiger partial charge is 0.497 e. The Hall–Kier alpha value is -1.75. The van der Waals surface area contributed by atoms with Crippen LogP contribution in [0.3, 0.4) is 0 Å². The molecule has 2 heterocycles. The fraction of sp³-hybridized carbons (Fsp3) is 0.632. The van der Waals surface area contributed by atoms with E-state index in [9.17, 15) is 9.90 Å². The lowest BCUT2D eigenvalue weighted by molar-refractivity contribution is -0.195. The maximum absolute atomic E-state index is 11.8. The molecule has 24 heavy (non-hydrogen) atoms. The maximum atomic E-state index is 11.8. The van der Waals surface area contributed by atoms with Crippen LogP contribution in [-0.2, 0) is 9.53 Å². The van der Waals surface area contributed by atoms with E-state index >= 15 is 0 Å². The summed E-state index contributed by atoms with van der Waals surface area (Å²) >= 11 is 0. The van der Waals surface area contributed by atoms with Crippen molar-refractivity contribution in [2.45, 2.75) is 51.9 Å². The third-order valence-corrected chi connectivity index (χ3v) is 5.34. The van der Waals surface area contributed by atoms with Crippen molar-refractivity contribution in [1.29, 1.82) is 0 Å². The first kappa shape index (κ1) is 17.1. The van der Waals surface area contributed by atoms with Crippen LogP contribution in [0, 0.1) is 17.8 Å². The Morgan fingerprint density at radius 1 is 1.38 bits per heavy atom. The number of methoxy groups -OCH3 is 1. The van der Waals surface area contributed by atoms with Gasteiger partial charge in [0.15, 0.2) is 0 Å². The molecular formula is C19H26O5. The Labute approximate surface area is 142 Å². The van der Waals surface area contributed by atoms with Crippen LogP contribution in [0.5, 0.6) is 11.5 Å². The van der Waals surface area contributed by atoms with E-state index in [1.807, 2.05) is 45.9 Å². The Kier molecular flexibility index (Phi) is 4.24. The van der Waals surface area contributed by atoms with Crippen LogP contribution in [0.15, 0.2) is 18.2 Å². The van der Waals surface area contributed by atoms with E-state index in [-0.39, 0.29) is 24.0 Å². The number of rotatable bonds is 3. The number of benzene rings is 1. The quantitative estimate of drug-likeness (QED) is 0.913. The van der Waals surface area contributed by atoms with E-state index < -0.39 is 17.5 Å². The summed E-state index contributed by atoms with van der Waals surface area (Å²) in [5.41, 5.74) is 0.468. The molecule has 5 nitrogen and oxygen atoms in total. The molecule has 1 saturated heterocycles. The zero-order valence-electron chi connectivity index (χ0n) is 14.9. The Balaban J connectivity index is 2.05. The van der Waals surface area contributed by atoms with E-state index in [0.29, 0.717) is 6.42 Å². The van der Waals surface area contributed by atoms with Gasteiger partial charge < -0.3 is 19.3 Å². The third-order valence-electron chi connectivity index (χ3n) is 5.34. The van der Waals surface area contributed by atoms with Crippen molar-refractivity contribution < 1.29 is 24.1 Å². The standard InChI is InChI=1S/C19H26O5/c1-10(2)16-13(18(20)21)9-14-17(23-16)12-8-11(22-5)6-7-15(12)24-19(14,3)4/h6-8,10,13-14,16-17H,9H2,1-5H3,(H,20,21)/t13-,14+,16+,17-/m0/s1. The second kappa shape index (κ2) is 5.96. The molecule has 1 aromatic carbocycles. The van der Waals surface area contributed by atoms with Gasteiger partial charge in [0.2, 0.25) is 0 Å². The van der Waals surface area contributed by atoms with Gasteiger partial charge in [0.1, 0.15) is 17.1 Å². The molecule has 132 valence electrons. The van der Waals surface area contributed by atoms with Crippen molar-refractivity contribution in [3.8, 4) is 11.5 Å². The number of carboxylic acid groups (broad SMARTS) is 1. The molecule has 1 aromatic rings. The molecule has 0 aliphatic carbocycles. The fourth-order valence-corrected chi connectivity index (χ4v) is 4.02. The number of fused-ring (bicyclic) bond motifs is 3. The summed E-state index contributed by atoms with van der Waals surface area (Å²) in [5.74, 6) is 0.347. The SMILES string of the molecule is COc1ccc2c(c1)[C@@H]1O[C@H](C(C)C)[C@@H](C(=O)O)C[C@H]1C(C)(C)O2. The van der Waals surface area contributed by atoms with E-state index in [0.717, 1.165) is 17.1 Å². The summed E-state index contributed by atoms with van der Waals surface area (Å²) < 4.78 is 17.9. The first-order valence-corrected chi connectivity index (χ1v) is 8.50. The summed E-state index contributed by atoms with van der Waals surface area (Å²) in [6, 6.07) is 5.72. The van der Waals surface area contributed by atoms with Crippen LogP contribution in [0.25, 0.3) is 0 Å². The number of carbonyl (C=O) groups is 1. The molecule has 5 heteroatoms. The van der Waals surface area contributed by atoms with Crippen molar-refractivity contribution in [3.05, 3.63) is 23.8 Å². The minimum Gasteiger partial charge on any atom is -0.497 e. The van der Waals surface area contributed by atoms with Gasteiger partial charge in [0, 0.05) is 11.5 Å². The zero-order valence-corrected chi connectivity index (χ0v) is 14.9. The van der Waals surface area contributed by atoms with Crippen LogP contribution >= 0.6 is 0 Å². The third kappa shape index (κ3) is 2.75. The van der Waals surface area contributed by atoms with Crippen molar-refractivity contribution >= 4 is 5.97 Å². The molecule has 0 aromatic heterocycles. The maximum Gasteiger partial charge on any atom is 0.309 e. The molecule has 0 bridgehead atoms. The predicted octanol–water partition coefficient (Wildman–Crippen LogP) is 3.67. The normalized spacial score (nSPS) is 30.9. The number of hydrogen-bond donors (Lipinski definition) is 1. The Morgan fingerprint density at radius 3 is 2.67 bits per heavy atom. The zero-order chi connectivity index (χ0) is 17.6. The number of hydrogen-bond acceptors (Lipinski definition) is 4. The molecule has 1 fully saturated rings. The average molecular weight is 334 g/mol. The van der Waals surface area contributed by atoms with Crippen molar-refractivity contribution in [2.24, 2.45) is 17.8 Å². The van der Waals surface area contributed by atoms with Crippen molar-refractivity contribution in [2.75, 3.05) is 7.11 Å². The second-order valence-corrected chi connectivity index (χ2v) is 7.66. The van der Waals surface area contributed by atoms with E-state index in [2.05, 4.69) is 0 Å². The van der Waals surface area contributed by atoms with Gasteiger partial charge in [0.05, 0.1) is 25.2 Å². The van der Waals surface area contributed by atoms with Gasteiger partial charge in [-0.2, -0.15) is 0 Å². The summed E-state index contributed by atoms with van der Waals surface area (Å²) in [6.07, 6.45) is 0.0607. The molecule has 0 radical (unpaired) electrons. The monoisotopic (exact) mass is 334 g/mol. The molecule has 0 amide bonds. The summed E-state index contributed by atoms with van der Waals surface area (Å²) in [6.45, 7) is 8.04. The van der Waals surface area contributed by atoms with Gasteiger partial charge in [-0.15, -0.1) is 0 Å². The topological polar surface area (TPSA) is 65.0 Å². The average Bonchev–Trinajstić information content (AvgIpc) is 2.53. The van der Waals surface area contributed by atoms with E-state index in [1.165, 1.54) is 0 Å². The van der Waals surface area contributed by atoms with Gasteiger partial charge in [-0.3, -0.25) is 4.79 Å². The van der Waals surface area contributed by atoms with Gasteiger partial charge in [0.25, 0.3) is 0 Å². The molecule has 0 unspecified atom stereocenters. The molecular weight excluding hydrogens is 308 g/mol. The fourth-order valence-electron chi connectivity index (χ4n) is 4.02. The van der Waals surface area contributed by atoms with Gasteiger partial charge in [-0.1, -0.05) is 13.8 Å². The molecule has 0 spiro atoms. The molecule has 2 aliphatic heterocycles. The van der Waals surface area contributed by atoms with Gasteiger partial charge >= 0.3 is 5.97 Å².